The molecule has 0 bridgehead atoms. The van der Waals surface area contributed by atoms with E-state index in [0.717, 1.165) is 12.0 Å². The topological polar surface area (TPSA) is 125 Å². The Morgan fingerprint density at radius 2 is 1.97 bits per heavy atom. The van der Waals surface area contributed by atoms with Crippen LogP contribution in [0.5, 0.6) is 0 Å². The standard InChI is InChI=1S/C26H24N4O5S/c1-2-14-30-25(34)22(36-26(30)29-19-4-3-13-27-16-19)15-20-9-10-21(35-20)17-5-7-18(8-6-17)28-23(31)11-12-24(32)33/h3-10,13,15-16H,2,11-12,14H2,1H3,(H,28,31)(H,32,33)/b22-15-,29-26?. The predicted molar refractivity (Wildman–Crippen MR) is 139 cm³/mol. The van der Waals surface area contributed by atoms with Crippen LogP contribution in [0, 0.1) is 0 Å². The Morgan fingerprint density at radius 3 is 2.67 bits per heavy atom. The number of hydrogen-bond acceptors (Lipinski definition) is 7. The highest BCUT2D eigenvalue weighted by molar-refractivity contribution is 8.18. The summed E-state index contributed by atoms with van der Waals surface area (Å²) < 4.78 is 5.95. The molecule has 2 N–H and O–H groups in total. The molecule has 1 aromatic carbocycles. The second-order valence-electron chi connectivity index (χ2n) is 7.89. The van der Waals surface area contributed by atoms with Gasteiger partial charge in [0.05, 0.1) is 23.2 Å². The third-order valence-corrected chi connectivity index (χ3v) is 6.13. The molecule has 0 saturated carbocycles. The van der Waals surface area contributed by atoms with Gasteiger partial charge in [-0.3, -0.25) is 24.3 Å². The van der Waals surface area contributed by atoms with Gasteiger partial charge in [-0.2, -0.15) is 0 Å². The van der Waals surface area contributed by atoms with Gasteiger partial charge in [-0.05, 0) is 66.7 Å². The second kappa shape index (κ2) is 11.5. The number of aliphatic carboxylic acids is 1. The van der Waals surface area contributed by atoms with Crippen molar-refractivity contribution in [2.75, 3.05) is 11.9 Å². The molecule has 1 aliphatic heterocycles. The van der Waals surface area contributed by atoms with Gasteiger partial charge in [-0.25, -0.2) is 4.99 Å². The van der Waals surface area contributed by atoms with Crippen LogP contribution >= 0.6 is 11.8 Å². The summed E-state index contributed by atoms with van der Waals surface area (Å²) in [6.07, 6.45) is 5.52. The minimum Gasteiger partial charge on any atom is -0.481 e. The van der Waals surface area contributed by atoms with Crippen LogP contribution in [0.25, 0.3) is 17.4 Å². The van der Waals surface area contributed by atoms with Crippen molar-refractivity contribution in [3.05, 3.63) is 71.6 Å². The molecular weight excluding hydrogens is 480 g/mol. The van der Waals surface area contributed by atoms with Gasteiger partial charge in [0.15, 0.2) is 5.17 Å². The van der Waals surface area contributed by atoms with Crippen LogP contribution in [0.2, 0.25) is 0 Å². The van der Waals surface area contributed by atoms with Crippen LogP contribution in [0.1, 0.15) is 31.9 Å². The SMILES string of the molecule is CCCN1C(=O)/C(=C/c2ccc(-c3ccc(NC(=O)CCC(=O)O)cc3)o2)SC1=Nc1cccnc1. The van der Waals surface area contributed by atoms with E-state index in [1.165, 1.54) is 11.8 Å². The lowest BCUT2D eigenvalue weighted by Crippen LogP contribution is -2.29. The lowest BCUT2D eigenvalue weighted by Gasteiger charge is -2.13. The van der Waals surface area contributed by atoms with E-state index in [4.69, 9.17) is 9.52 Å². The second-order valence-corrected chi connectivity index (χ2v) is 8.90. The van der Waals surface area contributed by atoms with Crippen LogP contribution in [-0.4, -0.2) is 44.5 Å². The van der Waals surface area contributed by atoms with Crippen LogP contribution in [-0.2, 0) is 14.4 Å². The first-order valence-electron chi connectivity index (χ1n) is 11.3. The Bertz CT molecular complexity index is 1320. The maximum absolute atomic E-state index is 13.0. The van der Waals surface area contributed by atoms with Gasteiger partial charge in [0, 0.05) is 36.5 Å². The van der Waals surface area contributed by atoms with E-state index in [-0.39, 0.29) is 24.7 Å². The first kappa shape index (κ1) is 24.9. The van der Waals surface area contributed by atoms with Gasteiger partial charge < -0.3 is 14.8 Å². The minimum atomic E-state index is -1.02. The van der Waals surface area contributed by atoms with Gasteiger partial charge in [-0.15, -0.1) is 0 Å². The number of nitrogens with one attached hydrogen (secondary N) is 1. The summed E-state index contributed by atoms with van der Waals surface area (Å²) in [5, 5.41) is 12.0. The summed E-state index contributed by atoms with van der Waals surface area (Å²) in [7, 11) is 0. The summed E-state index contributed by atoms with van der Waals surface area (Å²) in [6.45, 7) is 2.57. The monoisotopic (exact) mass is 504 g/mol. The fourth-order valence-electron chi connectivity index (χ4n) is 3.42. The highest BCUT2D eigenvalue weighted by atomic mass is 32.2. The molecule has 0 spiro atoms. The number of furan rings is 1. The molecule has 10 heteroatoms. The first-order valence-corrected chi connectivity index (χ1v) is 12.2. The number of aromatic nitrogens is 1. The highest BCUT2D eigenvalue weighted by Crippen LogP contribution is 2.35. The van der Waals surface area contributed by atoms with Crippen molar-refractivity contribution < 1.29 is 23.9 Å². The van der Waals surface area contributed by atoms with E-state index in [2.05, 4.69) is 15.3 Å². The molecule has 0 atom stereocenters. The average molecular weight is 505 g/mol. The molecule has 2 aromatic heterocycles. The average Bonchev–Trinajstić information content (AvgIpc) is 3.45. The van der Waals surface area contributed by atoms with E-state index < -0.39 is 5.97 Å². The molecule has 0 radical (unpaired) electrons. The number of nitrogens with zero attached hydrogens (tertiary/aromatic N) is 3. The molecular formula is C26H24N4O5S. The smallest absolute Gasteiger partial charge is 0.303 e. The van der Waals surface area contributed by atoms with Gasteiger partial charge in [-0.1, -0.05) is 6.92 Å². The Labute approximate surface area is 211 Å². The number of amides is 2. The number of thioether (sulfide) groups is 1. The molecule has 3 heterocycles. The number of carbonyl (C=O) groups excluding carboxylic acids is 2. The predicted octanol–water partition coefficient (Wildman–Crippen LogP) is 5.16. The maximum Gasteiger partial charge on any atom is 0.303 e. The van der Waals surface area contributed by atoms with Gasteiger partial charge in [0.25, 0.3) is 5.91 Å². The Morgan fingerprint density at radius 1 is 1.17 bits per heavy atom. The van der Waals surface area contributed by atoms with Crippen LogP contribution in [0.3, 0.4) is 0 Å². The van der Waals surface area contributed by atoms with E-state index >= 15 is 0 Å². The molecule has 36 heavy (non-hydrogen) atoms. The number of aliphatic imine (C=N–C) groups is 1. The van der Waals surface area contributed by atoms with E-state index in [1.807, 2.05) is 19.1 Å². The number of pyridine rings is 1. The molecule has 0 aliphatic carbocycles. The summed E-state index contributed by atoms with van der Waals surface area (Å²) in [5.41, 5.74) is 2.03. The Balaban J connectivity index is 1.47. The van der Waals surface area contributed by atoms with Crippen molar-refractivity contribution in [1.29, 1.82) is 0 Å². The molecule has 0 unspecified atom stereocenters. The van der Waals surface area contributed by atoms with Gasteiger partial charge >= 0.3 is 5.97 Å². The Kier molecular flexibility index (Phi) is 7.96. The summed E-state index contributed by atoms with van der Waals surface area (Å²) >= 11 is 1.30. The number of benzene rings is 1. The molecule has 9 nitrogen and oxygen atoms in total. The Hall–Kier alpha value is -4.18. The highest BCUT2D eigenvalue weighted by Gasteiger charge is 2.33. The zero-order chi connectivity index (χ0) is 25.5. The number of carboxylic acids is 1. The van der Waals surface area contributed by atoms with Crippen LogP contribution in [0.4, 0.5) is 11.4 Å². The van der Waals surface area contributed by atoms with Crippen LogP contribution < -0.4 is 5.32 Å². The van der Waals surface area contributed by atoms with E-state index in [9.17, 15) is 14.4 Å². The molecule has 184 valence electrons. The molecule has 1 aliphatic rings. The molecule has 4 rings (SSSR count). The molecule has 2 amide bonds. The minimum absolute atomic E-state index is 0.0889. The fraction of sp³-hybridized carbons (Fsp3) is 0.192. The first-order chi connectivity index (χ1) is 17.4. The van der Waals surface area contributed by atoms with Crippen molar-refractivity contribution in [3.8, 4) is 11.3 Å². The van der Waals surface area contributed by atoms with Crippen molar-refractivity contribution in [1.82, 2.24) is 9.88 Å². The van der Waals surface area contributed by atoms with Crippen LogP contribution in [0.15, 0.2) is 75.2 Å². The van der Waals surface area contributed by atoms with Gasteiger partial charge in [0.2, 0.25) is 5.91 Å². The maximum atomic E-state index is 13.0. The molecule has 3 aromatic rings. The summed E-state index contributed by atoms with van der Waals surface area (Å²) in [4.78, 5) is 46.3. The fourth-order valence-corrected chi connectivity index (χ4v) is 4.42. The third kappa shape index (κ3) is 6.28. The lowest BCUT2D eigenvalue weighted by molar-refractivity contribution is -0.138. The van der Waals surface area contributed by atoms with Gasteiger partial charge in [0.1, 0.15) is 11.5 Å². The number of amidine groups is 1. The lowest BCUT2D eigenvalue weighted by atomic mass is 10.1. The molecule has 1 saturated heterocycles. The van der Waals surface area contributed by atoms with Crippen molar-refractivity contribution in [2.45, 2.75) is 26.2 Å². The van der Waals surface area contributed by atoms with Crippen molar-refractivity contribution >= 4 is 52.2 Å². The largest absolute Gasteiger partial charge is 0.481 e. The van der Waals surface area contributed by atoms with E-state index in [0.29, 0.717) is 39.5 Å². The zero-order valence-corrected chi connectivity index (χ0v) is 20.3. The molecule has 1 fully saturated rings. The van der Waals surface area contributed by atoms with E-state index in [1.54, 1.807) is 59.8 Å². The zero-order valence-electron chi connectivity index (χ0n) is 19.5. The quantitative estimate of drug-likeness (QED) is 0.386. The summed E-state index contributed by atoms with van der Waals surface area (Å²) in [5.74, 6) is -0.358. The normalized spacial score (nSPS) is 15.6. The van der Waals surface area contributed by atoms with Crippen molar-refractivity contribution in [3.63, 3.8) is 0 Å². The number of carboxylic acid groups (broad SMARTS) is 1. The summed E-state index contributed by atoms with van der Waals surface area (Å²) in [6, 6.07) is 14.3. The van der Waals surface area contributed by atoms with Crippen molar-refractivity contribution in [2.24, 2.45) is 4.99 Å². The number of anilines is 1. The third-order valence-electron chi connectivity index (χ3n) is 5.13. The number of carbonyl (C=O) groups is 3. The number of rotatable bonds is 9. The number of hydrogen-bond donors (Lipinski definition) is 2.